The summed E-state index contributed by atoms with van der Waals surface area (Å²) in [6.45, 7) is 4.56. The zero-order valence-corrected chi connectivity index (χ0v) is 20.5. The summed E-state index contributed by atoms with van der Waals surface area (Å²) in [5, 5.41) is 1.35. The van der Waals surface area contributed by atoms with Crippen LogP contribution in [-0.2, 0) is 19.3 Å². The van der Waals surface area contributed by atoms with Gasteiger partial charge in [0.05, 0.1) is 0 Å². The van der Waals surface area contributed by atoms with Crippen molar-refractivity contribution in [2.75, 3.05) is 0 Å². The molecule has 0 aliphatic heterocycles. The lowest BCUT2D eigenvalue weighted by Crippen LogP contribution is -2.09. The number of H-pyrrole nitrogens is 1. The lowest BCUT2D eigenvalue weighted by molar-refractivity contribution is 0.357. The monoisotopic (exact) mass is 447 g/mol. The van der Waals surface area contributed by atoms with Gasteiger partial charge in [-0.3, -0.25) is 0 Å². The first-order valence-corrected chi connectivity index (χ1v) is 13.5. The van der Waals surface area contributed by atoms with E-state index in [2.05, 4.69) is 66.2 Å². The molecule has 2 aromatic carbocycles. The van der Waals surface area contributed by atoms with Crippen LogP contribution in [0.4, 0.5) is 0 Å². The van der Waals surface area contributed by atoms with Crippen LogP contribution in [0.5, 0.6) is 0 Å². The number of aromatic amines is 1. The normalized spacial score (nSPS) is 18.6. The van der Waals surface area contributed by atoms with Crippen molar-refractivity contribution in [3.63, 3.8) is 0 Å². The fraction of sp³-hybridized carbons (Fsp3) is 0.394. The van der Waals surface area contributed by atoms with Gasteiger partial charge in [-0.25, -0.2) is 0 Å². The number of hydrogen-bond acceptors (Lipinski definition) is 0. The quantitative estimate of drug-likeness (QED) is 0.388. The van der Waals surface area contributed by atoms with E-state index >= 15 is 0 Å². The van der Waals surface area contributed by atoms with E-state index in [-0.39, 0.29) is 0 Å². The Kier molecular flexibility index (Phi) is 6.04. The Labute approximate surface area is 204 Å². The fourth-order valence-electron chi connectivity index (χ4n) is 6.63. The van der Waals surface area contributed by atoms with Crippen LogP contribution in [0, 0.1) is 5.92 Å². The maximum Gasteiger partial charge on any atom is 0.0464 e. The van der Waals surface area contributed by atoms with Gasteiger partial charge in [0.2, 0.25) is 0 Å². The first-order chi connectivity index (χ1) is 16.7. The largest absolute Gasteiger partial charge is 0.355 e. The highest BCUT2D eigenvalue weighted by molar-refractivity contribution is 5.91. The molecule has 1 saturated carbocycles. The molecule has 0 bridgehead atoms. The van der Waals surface area contributed by atoms with Gasteiger partial charge in [-0.15, -0.1) is 0 Å². The maximum absolute atomic E-state index is 4.56. The predicted molar refractivity (Wildman–Crippen MR) is 146 cm³/mol. The minimum absolute atomic E-state index is 0.881. The highest BCUT2D eigenvalue weighted by atomic mass is 14.7. The Hall–Kier alpha value is -2.80. The summed E-state index contributed by atoms with van der Waals surface area (Å²) in [4.78, 5) is 3.72. The molecule has 3 aromatic rings. The third kappa shape index (κ3) is 4.33. The number of allylic oxidation sites excluding steroid dienone is 5. The first-order valence-electron chi connectivity index (χ1n) is 13.5. The molecule has 34 heavy (non-hydrogen) atoms. The Balaban J connectivity index is 1.20. The molecule has 0 unspecified atom stereocenters. The number of aryl methyl sites for hydroxylation is 1. The zero-order chi connectivity index (χ0) is 22.9. The van der Waals surface area contributed by atoms with Gasteiger partial charge in [-0.1, -0.05) is 75.1 Å². The van der Waals surface area contributed by atoms with Crippen LogP contribution in [0.2, 0.25) is 0 Å². The van der Waals surface area contributed by atoms with E-state index in [1.54, 1.807) is 11.1 Å². The van der Waals surface area contributed by atoms with Crippen LogP contribution in [0.25, 0.3) is 22.0 Å². The van der Waals surface area contributed by atoms with E-state index in [1.807, 2.05) is 0 Å². The van der Waals surface area contributed by atoms with Gasteiger partial charge in [0, 0.05) is 16.6 Å². The van der Waals surface area contributed by atoms with Crippen molar-refractivity contribution in [3.8, 4) is 0 Å². The molecule has 1 N–H and O–H groups in total. The summed E-state index contributed by atoms with van der Waals surface area (Å²) in [5.41, 5.74) is 12.6. The van der Waals surface area contributed by atoms with Gasteiger partial charge >= 0.3 is 0 Å². The van der Waals surface area contributed by atoms with Crippen molar-refractivity contribution in [1.29, 1.82) is 0 Å². The minimum Gasteiger partial charge on any atom is -0.355 e. The summed E-state index contributed by atoms with van der Waals surface area (Å²) < 4.78 is 0. The standard InChI is InChI=1S/C33H37N/c1-23(29-15-7-12-26-11-5-6-14-30(26)29)19-27-13-8-16-31(27)33-22-28-21-25(17-18-32(28)34-33)20-24-9-3-2-4-10-24/h7,12-13,15-18,21-22,24,34H,1-6,8-11,14,19-20H2. The van der Waals surface area contributed by atoms with Crippen molar-refractivity contribution in [3.05, 3.63) is 94.7 Å². The number of rotatable bonds is 6. The highest BCUT2D eigenvalue weighted by Crippen LogP contribution is 2.38. The number of aromatic nitrogens is 1. The molecule has 3 aliphatic carbocycles. The molecule has 0 spiro atoms. The highest BCUT2D eigenvalue weighted by Gasteiger charge is 2.20. The van der Waals surface area contributed by atoms with Gasteiger partial charge in [-0.05, 0) is 108 Å². The number of nitrogens with one attached hydrogen (secondary N) is 1. The Morgan fingerprint density at radius 2 is 1.79 bits per heavy atom. The van der Waals surface area contributed by atoms with Crippen molar-refractivity contribution < 1.29 is 0 Å². The fourth-order valence-corrected chi connectivity index (χ4v) is 6.63. The average Bonchev–Trinajstić information content (AvgIpc) is 3.50. The summed E-state index contributed by atoms with van der Waals surface area (Å²) in [5.74, 6) is 0.881. The number of hydrogen-bond donors (Lipinski definition) is 1. The van der Waals surface area contributed by atoms with Crippen LogP contribution in [0.15, 0.2) is 66.8 Å². The molecule has 0 amide bonds. The predicted octanol–water partition coefficient (Wildman–Crippen LogP) is 8.99. The van der Waals surface area contributed by atoms with E-state index in [0.717, 1.165) is 18.8 Å². The van der Waals surface area contributed by atoms with Gasteiger partial charge in [0.15, 0.2) is 0 Å². The third-order valence-corrected chi connectivity index (χ3v) is 8.44. The molecule has 3 aliphatic rings. The molecule has 0 radical (unpaired) electrons. The van der Waals surface area contributed by atoms with Crippen LogP contribution in [-0.4, -0.2) is 4.98 Å². The average molecular weight is 448 g/mol. The van der Waals surface area contributed by atoms with Crippen LogP contribution < -0.4 is 0 Å². The molecule has 1 fully saturated rings. The van der Waals surface area contributed by atoms with E-state index in [0.29, 0.717) is 0 Å². The summed E-state index contributed by atoms with van der Waals surface area (Å²) in [7, 11) is 0. The molecule has 6 rings (SSSR count). The second-order valence-corrected chi connectivity index (χ2v) is 10.8. The molecule has 1 heteroatoms. The molecular weight excluding hydrogens is 410 g/mol. The van der Waals surface area contributed by atoms with Gasteiger partial charge < -0.3 is 4.98 Å². The van der Waals surface area contributed by atoms with Crippen molar-refractivity contribution in [1.82, 2.24) is 4.98 Å². The van der Waals surface area contributed by atoms with Crippen LogP contribution in [0.1, 0.15) is 85.7 Å². The van der Waals surface area contributed by atoms with Gasteiger partial charge in [-0.2, -0.15) is 0 Å². The molecule has 0 atom stereocenters. The molecule has 174 valence electrons. The van der Waals surface area contributed by atoms with Crippen LogP contribution >= 0.6 is 0 Å². The zero-order valence-electron chi connectivity index (χ0n) is 20.5. The minimum atomic E-state index is 0.881. The van der Waals surface area contributed by atoms with Gasteiger partial charge in [0.1, 0.15) is 0 Å². The molecule has 0 saturated heterocycles. The topological polar surface area (TPSA) is 15.8 Å². The molecule has 1 nitrogen and oxygen atoms in total. The van der Waals surface area contributed by atoms with E-state index in [4.69, 9.17) is 0 Å². The lowest BCUT2D eigenvalue weighted by atomic mass is 9.84. The number of benzene rings is 2. The summed E-state index contributed by atoms with van der Waals surface area (Å²) in [6, 6.07) is 16.3. The SMILES string of the molecule is C=C(CC1=CCC=C1c1cc2cc(CC3CCCCC3)ccc2[nH]1)c1cccc2c1CCCC2. The third-order valence-electron chi connectivity index (χ3n) is 8.44. The first kappa shape index (κ1) is 21.7. The molecular formula is C33H37N. The van der Waals surface area contributed by atoms with Crippen LogP contribution in [0.3, 0.4) is 0 Å². The van der Waals surface area contributed by atoms with Crippen molar-refractivity contribution >= 4 is 22.0 Å². The summed E-state index contributed by atoms with van der Waals surface area (Å²) >= 11 is 0. The number of fused-ring (bicyclic) bond motifs is 2. The second kappa shape index (κ2) is 9.45. The Morgan fingerprint density at radius 1 is 0.912 bits per heavy atom. The van der Waals surface area contributed by atoms with E-state index in [9.17, 15) is 0 Å². The molecule has 1 heterocycles. The summed E-state index contributed by atoms with van der Waals surface area (Å²) in [6.07, 6.45) is 20.1. The lowest BCUT2D eigenvalue weighted by Gasteiger charge is -2.21. The molecule has 1 aromatic heterocycles. The smallest absolute Gasteiger partial charge is 0.0464 e. The van der Waals surface area contributed by atoms with Crippen molar-refractivity contribution in [2.24, 2.45) is 5.92 Å². The Bertz CT molecular complexity index is 1280. The Morgan fingerprint density at radius 3 is 2.71 bits per heavy atom. The van der Waals surface area contributed by atoms with E-state index in [1.165, 1.54) is 109 Å². The second-order valence-electron chi connectivity index (χ2n) is 10.8. The maximum atomic E-state index is 4.56. The van der Waals surface area contributed by atoms with Crippen molar-refractivity contribution in [2.45, 2.75) is 77.0 Å². The van der Waals surface area contributed by atoms with E-state index < -0.39 is 0 Å². The van der Waals surface area contributed by atoms with Gasteiger partial charge in [0.25, 0.3) is 0 Å².